The number of hydrogen-bond donors (Lipinski definition) is 1. The number of carbonyl (C=O) groups excluding carboxylic acids is 1. The molecule has 0 heterocycles. The van der Waals surface area contributed by atoms with Crippen molar-refractivity contribution in [2.75, 3.05) is 32.8 Å². The monoisotopic (exact) mass is 321 g/mol. The molecule has 23 heavy (non-hydrogen) atoms. The van der Waals surface area contributed by atoms with Crippen LogP contribution in [-0.2, 0) is 4.74 Å². The molecule has 1 N–H and O–H groups in total. The van der Waals surface area contributed by atoms with E-state index in [0.717, 1.165) is 18.7 Å². The van der Waals surface area contributed by atoms with Crippen molar-refractivity contribution >= 4 is 5.97 Å². The molecule has 1 rings (SSSR count). The second kappa shape index (κ2) is 10.0. The van der Waals surface area contributed by atoms with Crippen LogP contribution in [0.15, 0.2) is 36.4 Å². The molecule has 1 aromatic carbocycles. The Morgan fingerprint density at radius 3 is 2.74 bits per heavy atom. The van der Waals surface area contributed by atoms with E-state index in [-0.39, 0.29) is 12.6 Å². The molecule has 0 spiro atoms. The molecule has 1 atom stereocenters. The number of esters is 1. The quantitative estimate of drug-likeness (QED) is 0.530. The van der Waals surface area contributed by atoms with Crippen LogP contribution in [0.2, 0.25) is 0 Å². The number of aliphatic hydroxyl groups excluding tert-OH is 1. The molecule has 0 aliphatic heterocycles. The van der Waals surface area contributed by atoms with Gasteiger partial charge in [0, 0.05) is 13.1 Å². The molecule has 0 aromatic heterocycles. The first kappa shape index (κ1) is 19.2. The smallest absolute Gasteiger partial charge is 0.338 e. The van der Waals surface area contributed by atoms with Gasteiger partial charge in [-0.1, -0.05) is 25.1 Å². The minimum absolute atomic E-state index is 0.166. The predicted molar refractivity (Wildman–Crippen MR) is 90.8 cm³/mol. The summed E-state index contributed by atoms with van der Waals surface area (Å²) >= 11 is 0. The second-order valence-corrected chi connectivity index (χ2v) is 5.50. The fourth-order valence-electron chi connectivity index (χ4n) is 2.16. The zero-order chi connectivity index (χ0) is 17.2. The van der Waals surface area contributed by atoms with E-state index in [1.807, 2.05) is 13.8 Å². The first-order valence-corrected chi connectivity index (χ1v) is 7.91. The Balaban J connectivity index is 2.52. The van der Waals surface area contributed by atoms with Crippen LogP contribution in [0, 0.1) is 0 Å². The summed E-state index contributed by atoms with van der Waals surface area (Å²) in [6, 6.07) is 6.78. The summed E-state index contributed by atoms with van der Waals surface area (Å²) in [6.45, 7) is 12.3. The van der Waals surface area contributed by atoms with Crippen LogP contribution in [0.4, 0.5) is 0 Å². The third-order valence-corrected chi connectivity index (χ3v) is 3.20. The average molecular weight is 321 g/mol. The molecule has 5 heteroatoms. The van der Waals surface area contributed by atoms with Gasteiger partial charge >= 0.3 is 5.97 Å². The Labute approximate surface area is 138 Å². The van der Waals surface area contributed by atoms with Gasteiger partial charge in [-0.25, -0.2) is 4.79 Å². The fraction of sp³-hybridized carbons (Fsp3) is 0.500. The van der Waals surface area contributed by atoms with Gasteiger partial charge in [0.2, 0.25) is 0 Å². The van der Waals surface area contributed by atoms with E-state index in [1.54, 1.807) is 31.2 Å². The lowest BCUT2D eigenvalue weighted by molar-refractivity contribution is 0.0525. The summed E-state index contributed by atoms with van der Waals surface area (Å²) in [5, 5.41) is 10.1. The molecule has 0 aliphatic rings. The Hall–Kier alpha value is -1.85. The molecule has 0 amide bonds. The number of nitrogens with zero attached hydrogens (tertiary/aromatic N) is 1. The van der Waals surface area contributed by atoms with Crippen molar-refractivity contribution < 1.29 is 19.4 Å². The average Bonchev–Trinajstić information content (AvgIpc) is 2.52. The molecule has 0 radical (unpaired) electrons. The molecule has 1 unspecified atom stereocenters. The van der Waals surface area contributed by atoms with E-state index >= 15 is 0 Å². The van der Waals surface area contributed by atoms with Crippen molar-refractivity contribution in [1.82, 2.24) is 4.90 Å². The number of rotatable bonds is 10. The summed E-state index contributed by atoms with van der Waals surface area (Å²) < 4.78 is 10.5. The number of carbonyl (C=O) groups is 1. The van der Waals surface area contributed by atoms with Crippen molar-refractivity contribution in [3.8, 4) is 5.75 Å². The van der Waals surface area contributed by atoms with E-state index in [2.05, 4.69) is 11.5 Å². The lowest BCUT2D eigenvalue weighted by Crippen LogP contribution is -2.36. The van der Waals surface area contributed by atoms with Crippen molar-refractivity contribution in [2.45, 2.75) is 26.9 Å². The second-order valence-electron chi connectivity index (χ2n) is 5.50. The number of aliphatic hydroxyl groups is 1. The first-order valence-electron chi connectivity index (χ1n) is 7.91. The summed E-state index contributed by atoms with van der Waals surface area (Å²) in [5.74, 6) is 0.162. The summed E-state index contributed by atoms with van der Waals surface area (Å²) in [5.41, 5.74) is 1.50. The molecule has 0 fully saturated rings. The fourth-order valence-corrected chi connectivity index (χ4v) is 2.16. The highest BCUT2D eigenvalue weighted by Crippen LogP contribution is 2.14. The van der Waals surface area contributed by atoms with E-state index < -0.39 is 6.10 Å². The molecule has 1 aromatic rings. The van der Waals surface area contributed by atoms with Crippen molar-refractivity contribution in [3.63, 3.8) is 0 Å². The molecule has 0 saturated heterocycles. The zero-order valence-corrected chi connectivity index (χ0v) is 14.2. The molecular formula is C18H27NO4. The van der Waals surface area contributed by atoms with Gasteiger partial charge in [-0.2, -0.15) is 0 Å². The van der Waals surface area contributed by atoms with E-state index in [0.29, 0.717) is 24.5 Å². The highest BCUT2D eigenvalue weighted by Gasteiger charge is 2.12. The van der Waals surface area contributed by atoms with Crippen LogP contribution in [0.1, 0.15) is 31.1 Å². The number of likely N-dealkylation sites (N-methyl/N-ethyl adjacent to an activating group) is 1. The van der Waals surface area contributed by atoms with E-state index in [1.165, 1.54) is 0 Å². The van der Waals surface area contributed by atoms with Crippen LogP contribution in [0.25, 0.3) is 0 Å². The van der Waals surface area contributed by atoms with Gasteiger partial charge in [-0.3, -0.25) is 4.90 Å². The Bertz CT molecular complexity index is 515. The minimum Gasteiger partial charge on any atom is -0.491 e. The molecule has 128 valence electrons. The summed E-state index contributed by atoms with van der Waals surface area (Å²) in [6.07, 6.45) is -0.611. The van der Waals surface area contributed by atoms with Gasteiger partial charge in [0.25, 0.3) is 0 Å². The van der Waals surface area contributed by atoms with Gasteiger partial charge in [-0.15, -0.1) is 0 Å². The van der Waals surface area contributed by atoms with Crippen LogP contribution >= 0.6 is 0 Å². The maximum absolute atomic E-state index is 11.7. The molecular weight excluding hydrogens is 294 g/mol. The molecule has 0 saturated carbocycles. The number of benzene rings is 1. The highest BCUT2D eigenvalue weighted by atomic mass is 16.5. The third kappa shape index (κ3) is 7.30. The van der Waals surface area contributed by atoms with Gasteiger partial charge in [-0.05, 0) is 38.6 Å². The Kier molecular flexibility index (Phi) is 8.37. The lowest BCUT2D eigenvalue weighted by Gasteiger charge is -2.23. The normalized spacial score (nSPS) is 12.0. The van der Waals surface area contributed by atoms with Crippen LogP contribution < -0.4 is 4.74 Å². The van der Waals surface area contributed by atoms with Crippen molar-refractivity contribution in [1.29, 1.82) is 0 Å². The van der Waals surface area contributed by atoms with Gasteiger partial charge in [0.05, 0.1) is 12.2 Å². The SMILES string of the molecule is C=C(C)CN(CC)CC(O)COc1cccc(C(=O)OCC)c1. The van der Waals surface area contributed by atoms with Crippen molar-refractivity contribution in [3.05, 3.63) is 42.0 Å². The van der Waals surface area contributed by atoms with Gasteiger partial charge in [0.1, 0.15) is 18.5 Å². The third-order valence-electron chi connectivity index (χ3n) is 3.20. The van der Waals surface area contributed by atoms with Crippen molar-refractivity contribution in [2.24, 2.45) is 0 Å². The zero-order valence-electron chi connectivity index (χ0n) is 14.2. The number of hydrogen-bond acceptors (Lipinski definition) is 5. The first-order chi connectivity index (χ1) is 11.0. The Morgan fingerprint density at radius 2 is 2.13 bits per heavy atom. The topological polar surface area (TPSA) is 59.0 Å². The summed E-state index contributed by atoms with van der Waals surface area (Å²) in [4.78, 5) is 13.8. The van der Waals surface area contributed by atoms with Crippen LogP contribution in [0.3, 0.4) is 0 Å². The van der Waals surface area contributed by atoms with E-state index in [4.69, 9.17) is 9.47 Å². The maximum Gasteiger partial charge on any atom is 0.338 e. The minimum atomic E-state index is -0.611. The lowest BCUT2D eigenvalue weighted by atomic mass is 10.2. The van der Waals surface area contributed by atoms with Crippen LogP contribution in [-0.4, -0.2) is 54.9 Å². The highest BCUT2D eigenvalue weighted by molar-refractivity contribution is 5.89. The predicted octanol–water partition coefficient (Wildman–Crippen LogP) is 2.50. The van der Waals surface area contributed by atoms with Gasteiger partial charge in [0.15, 0.2) is 0 Å². The summed E-state index contributed by atoms with van der Waals surface area (Å²) in [7, 11) is 0. The van der Waals surface area contributed by atoms with Gasteiger partial charge < -0.3 is 14.6 Å². The standard InChI is InChI=1S/C18H27NO4/c1-5-19(11-14(3)4)12-16(20)13-23-17-9-7-8-15(10-17)18(21)22-6-2/h7-10,16,20H,3,5-6,11-13H2,1-2,4H3. The maximum atomic E-state index is 11.7. The van der Waals surface area contributed by atoms with Crippen LogP contribution in [0.5, 0.6) is 5.75 Å². The Morgan fingerprint density at radius 1 is 1.39 bits per heavy atom. The number of ether oxygens (including phenoxy) is 2. The van der Waals surface area contributed by atoms with E-state index in [9.17, 15) is 9.90 Å². The molecule has 5 nitrogen and oxygen atoms in total. The molecule has 0 aliphatic carbocycles. The largest absolute Gasteiger partial charge is 0.491 e. The molecule has 0 bridgehead atoms.